The maximum absolute atomic E-state index is 12.5. The van der Waals surface area contributed by atoms with E-state index < -0.39 is 0 Å². The number of carbonyl (C=O) groups is 1. The highest BCUT2D eigenvalue weighted by atomic mass is 32.1. The van der Waals surface area contributed by atoms with Gasteiger partial charge in [-0.2, -0.15) is 0 Å². The number of aliphatic hydroxyl groups excluding tert-OH is 1. The molecule has 26 heavy (non-hydrogen) atoms. The zero-order valence-corrected chi connectivity index (χ0v) is 15.4. The Hall–Kier alpha value is -1.76. The van der Waals surface area contributed by atoms with Crippen molar-refractivity contribution in [3.63, 3.8) is 0 Å². The Morgan fingerprint density at radius 1 is 1.27 bits per heavy atom. The van der Waals surface area contributed by atoms with E-state index in [2.05, 4.69) is 34.1 Å². The van der Waals surface area contributed by atoms with Gasteiger partial charge in [0.25, 0.3) is 0 Å². The van der Waals surface area contributed by atoms with Crippen molar-refractivity contribution in [2.24, 2.45) is 5.92 Å². The van der Waals surface area contributed by atoms with E-state index >= 15 is 0 Å². The van der Waals surface area contributed by atoms with Crippen LogP contribution in [-0.4, -0.2) is 57.1 Å². The zero-order valence-electron chi connectivity index (χ0n) is 14.6. The van der Waals surface area contributed by atoms with Crippen molar-refractivity contribution < 1.29 is 9.90 Å². The summed E-state index contributed by atoms with van der Waals surface area (Å²) in [5.41, 5.74) is 1.20. The highest BCUT2D eigenvalue weighted by Gasteiger charge is 2.66. The van der Waals surface area contributed by atoms with Gasteiger partial charge in [-0.15, -0.1) is 11.3 Å². The third kappa shape index (κ3) is 2.43. The number of likely N-dealkylation sites (tertiary alicyclic amines) is 2. The van der Waals surface area contributed by atoms with Gasteiger partial charge in [0, 0.05) is 42.5 Å². The van der Waals surface area contributed by atoms with Crippen LogP contribution in [0.3, 0.4) is 0 Å². The van der Waals surface area contributed by atoms with Crippen LogP contribution < -0.4 is 0 Å². The molecule has 2 aromatic rings. The molecule has 3 aliphatic rings. The van der Waals surface area contributed by atoms with E-state index in [0.717, 1.165) is 37.5 Å². The predicted octanol–water partition coefficient (Wildman–Crippen LogP) is 2.09. The SMILES string of the molecule is O=C(C1CC1)N1CC2(C1)[C@H](c1ccccc1)[C@@H](CO)N2Cc1nccs1. The van der Waals surface area contributed by atoms with E-state index in [0.29, 0.717) is 5.91 Å². The monoisotopic (exact) mass is 369 g/mol. The van der Waals surface area contributed by atoms with Crippen molar-refractivity contribution in [3.8, 4) is 0 Å². The number of thiazole rings is 1. The average molecular weight is 369 g/mol. The fraction of sp³-hybridized carbons (Fsp3) is 0.500. The number of hydrogen-bond acceptors (Lipinski definition) is 5. The molecule has 5 nitrogen and oxygen atoms in total. The highest BCUT2D eigenvalue weighted by molar-refractivity contribution is 7.09. The third-order valence-electron chi connectivity index (χ3n) is 6.24. The second kappa shape index (κ2) is 6.15. The molecule has 3 heterocycles. The summed E-state index contributed by atoms with van der Waals surface area (Å²) in [4.78, 5) is 21.3. The first-order valence-corrected chi connectivity index (χ1v) is 10.2. The molecular weight excluding hydrogens is 346 g/mol. The first-order chi connectivity index (χ1) is 12.7. The van der Waals surface area contributed by atoms with E-state index in [9.17, 15) is 9.90 Å². The highest BCUT2D eigenvalue weighted by Crippen LogP contribution is 2.55. The van der Waals surface area contributed by atoms with Crippen molar-refractivity contribution in [2.75, 3.05) is 19.7 Å². The van der Waals surface area contributed by atoms with Gasteiger partial charge in [0.05, 0.1) is 18.7 Å². The van der Waals surface area contributed by atoms with Gasteiger partial charge in [0.15, 0.2) is 0 Å². The molecule has 1 aliphatic carbocycles. The number of carbonyl (C=O) groups excluding carboxylic acids is 1. The minimum Gasteiger partial charge on any atom is -0.395 e. The van der Waals surface area contributed by atoms with Crippen molar-refractivity contribution >= 4 is 17.2 Å². The van der Waals surface area contributed by atoms with Crippen LogP contribution in [0.2, 0.25) is 0 Å². The normalized spacial score (nSPS) is 27.2. The van der Waals surface area contributed by atoms with Gasteiger partial charge in [-0.3, -0.25) is 9.69 Å². The van der Waals surface area contributed by atoms with Crippen molar-refractivity contribution in [1.29, 1.82) is 0 Å². The summed E-state index contributed by atoms with van der Waals surface area (Å²) in [7, 11) is 0. The average Bonchev–Trinajstić information content (AvgIpc) is 3.34. The smallest absolute Gasteiger partial charge is 0.225 e. The summed E-state index contributed by atoms with van der Waals surface area (Å²) >= 11 is 1.65. The molecule has 2 saturated heterocycles. The van der Waals surface area contributed by atoms with Gasteiger partial charge in [-0.1, -0.05) is 30.3 Å². The molecule has 2 aliphatic heterocycles. The minimum absolute atomic E-state index is 0.0645. The number of benzene rings is 1. The van der Waals surface area contributed by atoms with Crippen molar-refractivity contribution in [3.05, 3.63) is 52.5 Å². The van der Waals surface area contributed by atoms with E-state index in [1.165, 1.54) is 5.56 Å². The molecule has 1 aromatic carbocycles. The molecule has 3 fully saturated rings. The molecular formula is C20H23N3O2S. The number of nitrogens with zero attached hydrogens (tertiary/aromatic N) is 3. The van der Waals surface area contributed by atoms with Crippen LogP contribution in [-0.2, 0) is 11.3 Å². The van der Waals surface area contributed by atoms with Gasteiger partial charge >= 0.3 is 0 Å². The van der Waals surface area contributed by atoms with Crippen LogP contribution in [0.15, 0.2) is 41.9 Å². The molecule has 1 amide bonds. The van der Waals surface area contributed by atoms with Crippen LogP contribution >= 0.6 is 11.3 Å². The molecule has 1 aromatic heterocycles. The summed E-state index contributed by atoms with van der Waals surface area (Å²) in [5.74, 6) is 0.852. The lowest BCUT2D eigenvalue weighted by atomic mass is 9.60. The molecule has 1 N–H and O–H groups in total. The molecule has 1 spiro atoms. The van der Waals surface area contributed by atoms with Crippen molar-refractivity contribution in [2.45, 2.75) is 36.9 Å². The van der Waals surface area contributed by atoms with Crippen LogP contribution in [0.5, 0.6) is 0 Å². The van der Waals surface area contributed by atoms with Gasteiger partial charge in [0.1, 0.15) is 5.01 Å². The fourth-order valence-corrected chi connectivity index (χ4v) is 5.46. The molecule has 0 bridgehead atoms. The lowest BCUT2D eigenvalue weighted by Gasteiger charge is -2.70. The third-order valence-corrected chi connectivity index (χ3v) is 7.00. The van der Waals surface area contributed by atoms with Crippen LogP contribution in [0.1, 0.15) is 29.3 Å². The maximum atomic E-state index is 12.5. The Morgan fingerprint density at radius 3 is 2.65 bits per heavy atom. The number of aromatic nitrogens is 1. The summed E-state index contributed by atoms with van der Waals surface area (Å²) < 4.78 is 0. The molecule has 6 heteroatoms. The van der Waals surface area contributed by atoms with Gasteiger partial charge in [0.2, 0.25) is 5.91 Å². The Balaban J connectivity index is 1.43. The standard InChI is InChI=1S/C20H23N3O2S/c24-11-16-18(14-4-2-1-3-5-14)20(23(16)10-17-21-8-9-26-17)12-22(13-20)19(25)15-6-7-15/h1-5,8-9,15-16,18,24H,6-7,10-13H2/t16-,18-/m1/s1. The second-order valence-electron chi connectivity index (χ2n) is 7.76. The Kier molecular flexibility index (Phi) is 3.88. The first kappa shape index (κ1) is 16.4. The molecule has 0 radical (unpaired) electrons. The van der Waals surface area contributed by atoms with Gasteiger partial charge in [-0.05, 0) is 18.4 Å². The maximum Gasteiger partial charge on any atom is 0.225 e. The quantitative estimate of drug-likeness (QED) is 0.877. The first-order valence-electron chi connectivity index (χ1n) is 9.32. The van der Waals surface area contributed by atoms with Crippen LogP contribution in [0.4, 0.5) is 0 Å². The largest absolute Gasteiger partial charge is 0.395 e. The van der Waals surface area contributed by atoms with E-state index in [1.54, 1.807) is 11.3 Å². The summed E-state index contributed by atoms with van der Waals surface area (Å²) in [6.45, 7) is 2.41. The molecule has 1 saturated carbocycles. The van der Waals surface area contributed by atoms with E-state index in [-0.39, 0.29) is 30.0 Å². The van der Waals surface area contributed by atoms with Gasteiger partial charge in [-0.25, -0.2) is 4.98 Å². The van der Waals surface area contributed by atoms with Crippen molar-refractivity contribution in [1.82, 2.24) is 14.8 Å². The lowest BCUT2D eigenvalue weighted by Crippen LogP contribution is -2.84. The number of aliphatic hydroxyl groups is 1. The molecule has 5 rings (SSSR count). The molecule has 2 atom stereocenters. The number of rotatable bonds is 5. The number of amides is 1. The lowest BCUT2D eigenvalue weighted by molar-refractivity contribution is -0.200. The predicted molar refractivity (Wildman–Crippen MR) is 99.7 cm³/mol. The topological polar surface area (TPSA) is 56.7 Å². The fourth-order valence-electron chi connectivity index (χ4n) is 4.85. The Labute approximate surface area is 157 Å². The molecule has 0 unspecified atom stereocenters. The summed E-state index contributed by atoms with van der Waals surface area (Å²) in [5, 5.41) is 13.2. The van der Waals surface area contributed by atoms with E-state index in [1.807, 2.05) is 22.5 Å². The summed E-state index contributed by atoms with van der Waals surface area (Å²) in [6.07, 6.45) is 3.93. The Morgan fingerprint density at radius 2 is 2.04 bits per heavy atom. The van der Waals surface area contributed by atoms with Crippen LogP contribution in [0, 0.1) is 5.92 Å². The van der Waals surface area contributed by atoms with E-state index in [4.69, 9.17) is 0 Å². The molecule has 136 valence electrons. The minimum atomic E-state index is -0.0645. The summed E-state index contributed by atoms with van der Waals surface area (Å²) in [6, 6.07) is 10.5. The Bertz CT molecular complexity index is 785. The number of hydrogen-bond donors (Lipinski definition) is 1. The van der Waals surface area contributed by atoms with Crippen LogP contribution in [0.25, 0.3) is 0 Å². The van der Waals surface area contributed by atoms with Gasteiger partial charge < -0.3 is 10.0 Å². The zero-order chi connectivity index (χ0) is 17.7. The second-order valence-corrected chi connectivity index (χ2v) is 8.74.